The average Bonchev–Trinajstić information content (AvgIpc) is 3.35. The van der Waals surface area contributed by atoms with Crippen LogP contribution in [0.25, 0.3) is 0 Å². The molecule has 0 aliphatic heterocycles. The van der Waals surface area contributed by atoms with Crippen molar-refractivity contribution in [2.75, 3.05) is 13.2 Å². The number of nitrogens with zero attached hydrogens (tertiary/aromatic N) is 1. The molecule has 2 aromatic carbocycles. The molecule has 0 atom stereocenters. The van der Waals surface area contributed by atoms with E-state index in [1.807, 2.05) is 6.07 Å². The minimum atomic E-state index is -0.514. The van der Waals surface area contributed by atoms with Crippen molar-refractivity contribution in [3.63, 3.8) is 0 Å². The molecule has 0 saturated carbocycles. The highest BCUT2D eigenvalue weighted by Crippen LogP contribution is 2.28. The van der Waals surface area contributed by atoms with Crippen LogP contribution in [-0.2, 0) is 4.79 Å². The molecule has 0 fully saturated rings. The third-order valence-electron chi connectivity index (χ3n) is 4.04. The van der Waals surface area contributed by atoms with Gasteiger partial charge in [-0.2, -0.15) is 5.10 Å². The van der Waals surface area contributed by atoms with E-state index in [1.54, 1.807) is 55.5 Å². The summed E-state index contributed by atoms with van der Waals surface area (Å²) in [6.45, 7) is 1.90. The van der Waals surface area contributed by atoms with Crippen molar-refractivity contribution in [2.24, 2.45) is 5.10 Å². The number of hydrogen-bond donors (Lipinski definition) is 2. The lowest BCUT2D eigenvalue weighted by molar-refractivity contribution is -0.120. The monoisotopic (exact) mass is 435 g/mol. The van der Waals surface area contributed by atoms with Crippen molar-refractivity contribution in [2.45, 2.75) is 6.92 Å². The van der Waals surface area contributed by atoms with Crippen LogP contribution < -0.4 is 20.2 Å². The third kappa shape index (κ3) is 6.30. The van der Waals surface area contributed by atoms with Gasteiger partial charge in [0.25, 0.3) is 11.8 Å². The number of esters is 1. The summed E-state index contributed by atoms with van der Waals surface area (Å²) in [5.41, 5.74) is 3.33. The molecule has 32 heavy (non-hydrogen) atoms. The molecule has 3 aromatic rings. The maximum absolute atomic E-state index is 12.3. The predicted octanol–water partition coefficient (Wildman–Crippen LogP) is 2.78. The molecule has 1 heterocycles. The van der Waals surface area contributed by atoms with E-state index in [2.05, 4.69) is 15.8 Å². The van der Waals surface area contributed by atoms with E-state index in [1.165, 1.54) is 18.5 Å². The summed E-state index contributed by atoms with van der Waals surface area (Å²) < 4.78 is 15.9. The number of carbonyl (C=O) groups excluding carboxylic acids is 3. The zero-order chi connectivity index (χ0) is 22.8. The van der Waals surface area contributed by atoms with Crippen LogP contribution in [0.1, 0.15) is 33.4 Å². The van der Waals surface area contributed by atoms with Gasteiger partial charge in [-0.25, -0.2) is 10.2 Å². The van der Waals surface area contributed by atoms with E-state index in [-0.39, 0.29) is 18.1 Å². The number of benzene rings is 2. The Kier molecular flexibility index (Phi) is 7.74. The second kappa shape index (κ2) is 11.1. The topological polar surface area (TPSA) is 119 Å². The summed E-state index contributed by atoms with van der Waals surface area (Å²) in [7, 11) is 0. The maximum atomic E-state index is 12.3. The lowest BCUT2D eigenvalue weighted by Crippen LogP contribution is -2.34. The standard InChI is InChI=1S/C23H21N3O6/c1-2-30-20-13-16(10-11-18(20)32-23(29)17-7-4-3-5-8-17)14-25-26-21(27)15-24-22(28)19-9-6-12-31-19/h3-14H,2,15H2,1H3,(H,24,28)(H,26,27). The van der Waals surface area contributed by atoms with E-state index < -0.39 is 17.8 Å². The Labute approximate surface area is 184 Å². The Morgan fingerprint density at radius 3 is 2.56 bits per heavy atom. The van der Waals surface area contributed by atoms with Crippen molar-refractivity contribution in [1.82, 2.24) is 10.7 Å². The third-order valence-corrected chi connectivity index (χ3v) is 4.04. The highest BCUT2D eigenvalue weighted by molar-refractivity contribution is 5.94. The molecule has 0 spiro atoms. The number of hydrogen-bond acceptors (Lipinski definition) is 7. The normalized spacial score (nSPS) is 10.5. The van der Waals surface area contributed by atoms with E-state index in [9.17, 15) is 14.4 Å². The van der Waals surface area contributed by atoms with Crippen molar-refractivity contribution in [1.29, 1.82) is 0 Å². The highest BCUT2D eigenvalue weighted by Gasteiger charge is 2.13. The fourth-order valence-electron chi connectivity index (χ4n) is 2.56. The Hall–Kier alpha value is -4.40. The predicted molar refractivity (Wildman–Crippen MR) is 116 cm³/mol. The first-order valence-corrected chi connectivity index (χ1v) is 9.74. The number of nitrogens with one attached hydrogen (secondary N) is 2. The molecule has 2 N–H and O–H groups in total. The largest absolute Gasteiger partial charge is 0.490 e. The molecule has 0 radical (unpaired) electrons. The van der Waals surface area contributed by atoms with E-state index >= 15 is 0 Å². The molecule has 0 unspecified atom stereocenters. The van der Waals surface area contributed by atoms with Gasteiger partial charge in [0.1, 0.15) is 0 Å². The van der Waals surface area contributed by atoms with Gasteiger partial charge in [-0.3, -0.25) is 9.59 Å². The molecule has 9 nitrogen and oxygen atoms in total. The number of ether oxygens (including phenoxy) is 2. The van der Waals surface area contributed by atoms with Crippen LogP contribution in [0.3, 0.4) is 0 Å². The first kappa shape index (κ1) is 22.3. The summed E-state index contributed by atoms with van der Waals surface area (Å²) in [5, 5.41) is 6.27. The molecule has 0 saturated heterocycles. The van der Waals surface area contributed by atoms with Crippen LogP contribution in [0, 0.1) is 0 Å². The minimum absolute atomic E-state index is 0.109. The van der Waals surface area contributed by atoms with E-state index in [0.29, 0.717) is 23.5 Å². The molecule has 3 rings (SSSR count). The molecule has 164 valence electrons. The van der Waals surface area contributed by atoms with Gasteiger partial charge in [-0.1, -0.05) is 18.2 Å². The summed E-state index contributed by atoms with van der Waals surface area (Å²) in [6, 6.07) is 16.5. The molecular weight excluding hydrogens is 414 g/mol. The number of carbonyl (C=O) groups is 3. The van der Waals surface area contributed by atoms with Crippen LogP contribution >= 0.6 is 0 Å². The van der Waals surface area contributed by atoms with Crippen molar-refractivity contribution in [3.8, 4) is 11.5 Å². The van der Waals surface area contributed by atoms with Gasteiger partial charge in [0.2, 0.25) is 0 Å². The fraction of sp³-hybridized carbons (Fsp3) is 0.130. The zero-order valence-electron chi connectivity index (χ0n) is 17.2. The Balaban J connectivity index is 1.57. The number of amides is 2. The van der Waals surface area contributed by atoms with Gasteiger partial charge in [0.15, 0.2) is 17.3 Å². The second-order valence-electron chi connectivity index (χ2n) is 6.35. The van der Waals surface area contributed by atoms with Crippen molar-refractivity contribution >= 4 is 24.0 Å². The molecular formula is C23H21N3O6. The quantitative estimate of drug-likeness (QED) is 0.231. The van der Waals surface area contributed by atoms with Crippen LogP contribution in [0.15, 0.2) is 76.4 Å². The first-order chi connectivity index (χ1) is 15.6. The first-order valence-electron chi connectivity index (χ1n) is 9.74. The fourth-order valence-corrected chi connectivity index (χ4v) is 2.56. The van der Waals surface area contributed by atoms with Gasteiger partial charge < -0.3 is 19.2 Å². The van der Waals surface area contributed by atoms with Crippen LogP contribution in [0.5, 0.6) is 11.5 Å². The molecule has 0 aliphatic carbocycles. The molecule has 0 bridgehead atoms. The number of hydrazone groups is 1. The van der Waals surface area contributed by atoms with Gasteiger partial charge in [0.05, 0.1) is 31.2 Å². The number of rotatable bonds is 9. The van der Waals surface area contributed by atoms with Crippen LogP contribution in [0.4, 0.5) is 0 Å². The lowest BCUT2D eigenvalue weighted by atomic mass is 10.2. The van der Waals surface area contributed by atoms with E-state index in [4.69, 9.17) is 13.9 Å². The van der Waals surface area contributed by atoms with Gasteiger partial charge in [-0.15, -0.1) is 0 Å². The number of furan rings is 1. The van der Waals surface area contributed by atoms with Crippen LogP contribution in [-0.4, -0.2) is 37.1 Å². The molecule has 9 heteroatoms. The minimum Gasteiger partial charge on any atom is -0.490 e. The van der Waals surface area contributed by atoms with Gasteiger partial charge in [0, 0.05) is 0 Å². The molecule has 0 aliphatic rings. The summed E-state index contributed by atoms with van der Waals surface area (Å²) in [4.78, 5) is 35.9. The molecule has 2 amide bonds. The summed E-state index contributed by atoms with van der Waals surface area (Å²) in [6.07, 6.45) is 2.77. The van der Waals surface area contributed by atoms with E-state index in [0.717, 1.165) is 0 Å². The Morgan fingerprint density at radius 1 is 1.03 bits per heavy atom. The molecule has 1 aromatic heterocycles. The van der Waals surface area contributed by atoms with Gasteiger partial charge in [-0.05, 0) is 55.0 Å². The van der Waals surface area contributed by atoms with Gasteiger partial charge >= 0.3 is 5.97 Å². The van der Waals surface area contributed by atoms with Crippen molar-refractivity contribution < 1.29 is 28.3 Å². The maximum Gasteiger partial charge on any atom is 0.343 e. The lowest BCUT2D eigenvalue weighted by Gasteiger charge is -2.11. The Morgan fingerprint density at radius 2 is 1.84 bits per heavy atom. The summed E-state index contributed by atoms with van der Waals surface area (Å²) in [5.74, 6) is -0.786. The zero-order valence-corrected chi connectivity index (χ0v) is 17.2. The summed E-state index contributed by atoms with van der Waals surface area (Å²) >= 11 is 0. The smallest absolute Gasteiger partial charge is 0.343 e. The second-order valence-corrected chi connectivity index (χ2v) is 6.35. The highest BCUT2D eigenvalue weighted by atomic mass is 16.6. The van der Waals surface area contributed by atoms with Crippen molar-refractivity contribution in [3.05, 3.63) is 83.8 Å². The SMILES string of the molecule is CCOc1cc(C=NNC(=O)CNC(=O)c2ccco2)ccc1OC(=O)c1ccccc1. The Bertz CT molecular complexity index is 1090. The average molecular weight is 435 g/mol. The van der Waals surface area contributed by atoms with Crippen LogP contribution in [0.2, 0.25) is 0 Å².